The number of rotatable bonds is 3. The van der Waals surface area contributed by atoms with Gasteiger partial charge in [-0.05, 0) is 36.4 Å². The molecule has 5 heteroatoms. The summed E-state index contributed by atoms with van der Waals surface area (Å²) in [7, 11) is 0. The summed E-state index contributed by atoms with van der Waals surface area (Å²) in [6.45, 7) is 0. The Kier molecular flexibility index (Phi) is 3.56. The molecule has 3 rings (SSSR count). The molecule has 0 aliphatic heterocycles. The minimum Gasteiger partial charge on any atom is -0.255 e. The summed E-state index contributed by atoms with van der Waals surface area (Å²) in [6.07, 6.45) is 3.35. The van der Waals surface area contributed by atoms with E-state index >= 15 is 0 Å². The van der Waals surface area contributed by atoms with Crippen LogP contribution in [0.3, 0.4) is 0 Å². The number of hydrogen-bond donors (Lipinski definition) is 0. The number of hydrogen-bond acceptors (Lipinski definition) is 3. The summed E-state index contributed by atoms with van der Waals surface area (Å²) in [4.78, 5) is 5.90. The van der Waals surface area contributed by atoms with Gasteiger partial charge in [-0.2, -0.15) is 9.90 Å². The van der Waals surface area contributed by atoms with E-state index in [1.165, 1.54) is 0 Å². The molecule has 4 nitrogen and oxygen atoms in total. The molecule has 1 heterocycles. The number of benzene rings is 2. The molecule has 0 radical (unpaired) electrons. The number of nitrogens with zero attached hydrogens (tertiary/aromatic N) is 4. The van der Waals surface area contributed by atoms with Crippen LogP contribution < -0.4 is 0 Å². The first-order valence-electron chi connectivity index (χ1n) is 6.09. The molecule has 1 aromatic heterocycles. The Morgan fingerprint density at radius 2 is 1.75 bits per heavy atom. The first kappa shape index (κ1) is 12.6. The summed E-state index contributed by atoms with van der Waals surface area (Å²) in [5, 5.41) is 9.24. The summed E-state index contributed by atoms with van der Waals surface area (Å²) < 4.78 is 0. The van der Waals surface area contributed by atoms with Crippen molar-refractivity contribution in [2.24, 2.45) is 4.99 Å². The van der Waals surface area contributed by atoms with E-state index < -0.39 is 0 Å². The second-order valence-corrected chi connectivity index (χ2v) is 4.57. The molecule has 0 aliphatic carbocycles. The first-order valence-corrected chi connectivity index (χ1v) is 6.46. The van der Waals surface area contributed by atoms with E-state index in [1.807, 2.05) is 42.5 Å². The third-order valence-corrected chi connectivity index (χ3v) is 2.92. The Bertz CT molecular complexity index is 717. The second kappa shape index (κ2) is 5.67. The van der Waals surface area contributed by atoms with E-state index in [9.17, 15) is 0 Å². The highest BCUT2D eigenvalue weighted by molar-refractivity contribution is 6.30. The Hall–Kier alpha value is -2.46. The van der Waals surface area contributed by atoms with Crippen molar-refractivity contribution in [1.82, 2.24) is 15.0 Å². The number of halogens is 1. The van der Waals surface area contributed by atoms with Gasteiger partial charge < -0.3 is 0 Å². The van der Waals surface area contributed by atoms with Gasteiger partial charge in [-0.15, -0.1) is 5.10 Å². The second-order valence-electron chi connectivity index (χ2n) is 4.13. The molecule has 98 valence electrons. The van der Waals surface area contributed by atoms with Gasteiger partial charge in [0.05, 0.1) is 23.8 Å². The van der Waals surface area contributed by atoms with Crippen LogP contribution in [0.25, 0.3) is 5.69 Å². The van der Waals surface area contributed by atoms with Crippen LogP contribution in [0.1, 0.15) is 5.69 Å². The molecule has 0 amide bonds. The molecule has 20 heavy (non-hydrogen) atoms. The van der Waals surface area contributed by atoms with E-state index in [4.69, 9.17) is 11.6 Å². The zero-order valence-corrected chi connectivity index (χ0v) is 11.3. The standard InChI is InChI=1S/C15H11ClN4/c16-12-6-8-13(9-7-12)17-10-14-11-18-20(19-14)15-4-2-1-3-5-15/h1-11H. The van der Waals surface area contributed by atoms with Crippen molar-refractivity contribution in [1.29, 1.82) is 0 Å². The molecule has 2 aromatic carbocycles. The van der Waals surface area contributed by atoms with Crippen LogP contribution in [0.2, 0.25) is 5.02 Å². The van der Waals surface area contributed by atoms with E-state index in [0.717, 1.165) is 11.4 Å². The molecule has 0 unspecified atom stereocenters. The lowest BCUT2D eigenvalue weighted by Gasteiger charge is -1.96. The molecule has 0 N–H and O–H groups in total. The molecule has 0 saturated carbocycles. The molecule has 0 bridgehead atoms. The van der Waals surface area contributed by atoms with Gasteiger partial charge in [0.25, 0.3) is 0 Å². The topological polar surface area (TPSA) is 43.1 Å². The average Bonchev–Trinajstić information content (AvgIpc) is 2.97. The quantitative estimate of drug-likeness (QED) is 0.688. The summed E-state index contributed by atoms with van der Waals surface area (Å²) >= 11 is 5.82. The van der Waals surface area contributed by atoms with E-state index in [0.29, 0.717) is 10.7 Å². The number of aliphatic imine (C=N–C) groups is 1. The van der Waals surface area contributed by atoms with Crippen LogP contribution in [0.15, 0.2) is 65.8 Å². The SMILES string of the molecule is Clc1ccc(N=Cc2cnn(-c3ccccc3)n2)cc1. The van der Waals surface area contributed by atoms with Gasteiger partial charge in [-0.3, -0.25) is 4.99 Å². The van der Waals surface area contributed by atoms with Crippen molar-refractivity contribution in [3.05, 3.63) is 71.5 Å². The van der Waals surface area contributed by atoms with E-state index in [-0.39, 0.29) is 0 Å². The van der Waals surface area contributed by atoms with Crippen molar-refractivity contribution in [2.45, 2.75) is 0 Å². The maximum Gasteiger partial charge on any atom is 0.124 e. The Morgan fingerprint density at radius 1 is 1.00 bits per heavy atom. The van der Waals surface area contributed by atoms with Gasteiger partial charge in [0.15, 0.2) is 0 Å². The molecule has 0 atom stereocenters. The van der Waals surface area contributed by atoms with E-state index in [1.54, 1.807) is 29.3 Å². The first-order chi connectivity index (χ1) is 9.81. The molecule has 0 saturated heterocycles. The summed E-state index contributed by atoms with van der Waals surface area (Å²) in [5.74, 6) is 0. The van der Waals surface area contributed by atoms with Gasteiger partial charge in [0.1, 0.15) is 5.69 Å². The lowest BCUT2D eigenvalue weighted by atomic mass is 10.3. The van der Waals surface area contributed by atoms with Crippen LogP contribution in [-0.4, -0.2) is 21.2 Å². The van der Waals surface area contributed by atoms with Crippen molar-refractivity contribution in [3.63, 3.8) is 0 Å². The fraction of sp³-hybridized carbons (Fsp3) is 0. The molecular formula is C15H11ClN4. The maximum atomic E-state index is 5.82. The van der Waals surface area contributed by atoms with Crippen LogP contribution >= 0.6 is 11.6 Å². The molecule has 0 spiro atoms. The number of para-hydroxylation sites is 1. The largest absolute Gasteiger partial charge is 0.255 e. The normalized spacial score (nSPS) is 11.1. The molecular weight excluding hydrogens is 272 g/mol. The van der Waals surface area contributed by atoms with E-state index in [2.05, 4.69) is 15.2 Å². The zero-order chi connectivity index (χ0) is 13.8. The maximum absolute atomic E-state index is 5.82. The predicted molar refractivity (Wildman–Crippen MR) is 80.1 cm³/mol. The predicted octanol–water partition coefficient (Wildman–Crippen LogP) is 3.67. The van der Waals surface area contributed by atoms with Crippen molar-refractivity contribution in [3.8, 4) is 5.69 Å². The van der Waals surface area contributed by atoms with Crippen molar-refractivity contribution >= 4 is 23.5 Å². The summed E-state index contributed by atoms with van der Waals surface area (Å²) in [5.41, 5.74) is 2.44. The van der Waals surface area contributed by atoms with Crippen LogP contribution in [-0.2, 0) is 0 Å². The Morgan fingerprint density at radius 3 is 2.50 bits per heavy atom. The number of aromatic nitrogens is 3. The van der Waals surface area contributed by atoms with Crippen molar-refractivity contribution < 1.29 is 0 Å². The van der Waals surface area contributed by atoms with Gasteiger partial charge >= 0.3 is 0 Å². The van der Waals surface area contributed by atoms with Crippen LogP contribution in [0, 0.1) is 0 Å². The zero-order valence-electron chi connectivity index (χ0n) is 10.5. The monoisotopic (exact) mass is 282 g/mol. The fourth-order valence-electron chi connectivity index (χ4n) is 1.69. The molecule has 0 fully saturated rings. The Balaban J connectivity index is 1.79. The van der Waals surface area contributed by atoms with Crippen LogP contribution in [0.5, 0.6) is 0 Å². The van der Waals surface area contributed by atoms with Gasteiger partial charge in [0.2, 0.25) is 0 Å². The molecule has 0 aliphatic rings. The minimum atomic E-state index is 0.693. The van der Waals surface area contributed by atoms with Gasteiger partial charge in [0, 0.05) is 5.02 Å². The fourth-order valence-corrected chi connectivity index (χ4v) is 1.81. The molecule has 3 aromatic rings. The lowest BCUT2D eigenvalue weighted by molar-refractivity contribution is 0.751. The average molecular weight is 283 g/mol. The Labute approximate surface area is 121 Å². The lowest BCUT2D eigenvalue weighted by Crippen LogP contribution is -1.98. The third-order valence-electron chi connectivity index (χ3n) is 2.67. The minimum absolute atomic E-state index is 0.693. The third kappa shape index (κ3) is 2.92. The van der Waals surface area contributed by atoms with Gasteiger partial charge in [-0.1, -0.05) is 29.8 Å². The summed E-state index contributed by atoms with van der Waals surface area (Å²) in [6, 6.07) is 17.0. The highest BCUT2D eigenvalue weighted by Gasteiger charge is 1.99. The highest BCUT2D eigenvalue weighted by atomic mass is 35.5. The smallest absolute Gasteiger partial charge is 0.124 e. The van der Waals surface area contributed by atoms with Gasteiger partial charge in [-0.25, -0.2) is 0 Å². The highest BCUT2D eigenvalue weighted by Crippen LogP contribution is 2.15. The van der Waals surface area contributed by atoms with Crippen LogP contribution in [0.4, 0.5) is 5.69 Å². The van der Waals surface area contributed by atoms with Crippen molar-refractivity contribution in [2.75, 3.05) is 0 Å².